The molecule has 50 heavy (non-hydrogen) atoms. The third-order valence-electron chi connectivity index (χ3n) is 9.46. The molecule has 7 aromatic carbocycles. The minimum absolute atomic E-state index is 0.591. The van der Waals surface area contributed by atoms with Gasteiger partial charge in [0.2, 0.25) is 0 Å². The zero-order valence-electron chi connectivity index (χ0n) is 26.9. The highest BCUT2D eigenvalue weighted by Crippen LogP contribution is 2.42. The van der Waals surface area contributed by atoms with Gasteiger partial charge < -0.3 is 8.98 Å². The van der Waals surface area contributed by atoms with E-state index in [2.05, 4.69) is 95.6 Å². The minimum Gasteiger partial charge on any atom is -0.454 e. The van der Waals surface area contributed by atoms with Crippen molar-refractivity contribution in [1.82, 2.24) is 19.5 Å². The van der Waals surface area contributed by atoms with Gasteiger partial charge in [-0.25, -0.2) is 15.0 Å². The molecule has 3 aromatic heterocycles. The summed E-state index contributed by atoms with van der Waals surface area (Å²) >= 11 is 0. The standard InChI is InChI=1S/C45H28N4O/c1-4-14-29(15-5-1)32-24-27-39(37(28-32)45-47-43(30-16-6-2-7-17-30)46-44(48-45)31-18-8-3-9-19-31)49-38-22-12-10-20-33(38)35-25-26-36-34-21-11-13-23-40(34)50-42(36)41(35)49/h1-28H. The van der Waals surface area contributed by atoms with Crippen LogP contribution in [-0.4, -0.2) is 19.5 Å². The van der Waals surface area contributed by atoms with Gasteiger partial charge >= 0.3 is 0 Å². The number of nitrogens with zero attached hydrogens (tertiary/aromatic N) is 4. The molecule has 0 atom stereocenters. The lowest BCUT2D eigenvalue weighted by molar-refractivity contribution is 0.671. The number of para-hydroxylation sites is 2. The van der Waals surface area contributed by atoms with Gasteiger partial charge in [-0.3, -0.25) is 0 Å². The van der Waals surface area contributed by atoms with Crippen LogP contribution in [0.5, 0.6) is 0 Å². The normalized spacial score (nSPS) is 11.6. The van der Waals surface area contributed by atoms with Crippen LogP contribution in [-0.2, 0) is 0 Å². The number of benzene rings is 7. The Labute approximate surface area is 287 Å². The van der Waals surface area contributed by atoms with Gasteiger partial charge in [0.25, 0.3) is 0 Å². The molecular formula is C45H28N4O. The minimum atomic E-state index is 0.591. The number of hydrogen-bond donors (Lipinski definition) is 0. The molecule has 0 saturated heterocycles. The molecule has 0 radical (unpaired) electrons. The fourth-order valence-electron chi connectivity index (χ4n) is 7.13. The van der Waals surface area contributed by atoms with E-state index in [4.69, 9.17) is 19.4 Å². The van der Waals surface area contributed by atoms with Gasteiger partial charge in [0.15, 0.2) is 23.1 Å². The second-order valence-electron chi connectivity index (χ2n) is 12.4. The second-order valence-corrected chi connectivity index (χ2v) is 12.4. The molecule has 0 amide bonds. The molecule has 10 aromatic rings. The first-order chi connectivity index (χ1) is 24.8. The van der Waals surface area contributed by atoms with Crippen LogP contribution in [0.4, 0.5) is 0 Å². The Hall–Kier alpha value is -6.85. The van der Waals surface area contributed by atoms with Crippen molar-refractivity contribution in [1.29, 1.82) is 0 Å². The molecule has 10 rings (SSSR count). The summed E-state index contributed by atoms with van der Waals surface area (Å²) in [5.74, 6) is 1.83. The highest BCUT2D eigenvalue weighted by Gasteiger charge is 2.23. The predicted octanol–water partition coefficient (Wildman–Crippen LogP) is 11.5. The molecule has 0 fully saturated rings. The monoisotopic (exact) mass is 640 g/mol. The smallest absolute Gasteiger partial charge is 0.166 e. The Morgan fingerprint density at radius 2 is 0.960 bits per heavy atom. The Balaban J connectivity index is 1.33. The number of furan rings is 1. The van der Waals surface area contributed by atoms with Crippen molar-refractivity contribution in [2.24, 2.45) is 0 Å². The maximum absolute atomic E-state index is 6.69. The maximum Gasteiger partial charge on any atom is 0.166 e. The average molecular weight is 641 g/mol. The predicted molar refractivity (Wildman–Crippen MR) is 203 cm³/mol. The molecule has 0 unspecified atom stereocenters. The lowest BCUT2D eigenvalue weighted by atomic mass is 10.0. The first-order valence-electron chi connectivity index (χ1n) is 16.7. The summed E-state index contributed by atoms with van der Waals surface area (Å²) in [5.41, 5.74) is 9.67. The Bertz CT molecular complexity index is 2800. The van der Waals surface area contributed by atoms with Crippen LogP contribution in [0.15, 0.2) is 174 Å². The van der Waals surface area contributed by atoms with Gasteiger partial charge in [0.1, 0.15) is 5.58 Å². The second kappa shape index (κ2) is 11.4. The van der Waals surface area contributed by atoms with Gasteiger partial charge in [0.05, 0.1) is 16.7 Å². The van der Waals surface area contributed by atoms with Crippen LogP contribution >= 0.6 is 0 Å². The SMILES string of the molecule is c1ccc(-c2ccc(-n3c4ccccc4c4ccc5c6ccccc6oc5c43)c(-c3nc(-c4ccccc4)nc(-c4ccccc4)n3)c2)cc1. The van der Waals surface area contributed by atoms with E-state index in [1.54, 1.807) is 0 Å². The maximum atomic E-state index is 6.69. The van der Waals surface area contributed by atoms with E-state index in [-0.39, 0.29) is 0 Å². The van der Waals surface area contributed by atoms with Crippen molar-refractivity contribution < 1.29 is 4.42 Å². The molecule has 0 bridgehead atoms. The Morgan fingerprint density at radius 1 is 0.400 bits per heavy atom. The van der Waals surface area contributed by atoms with Gasteiger partial charge in [-0.1, -0.05) is 140 Å². The number of hydrogen-bond acceptors (Lipinski definition) is 4. The highest BCUT2D eigenvalue weighted by atomic mass is 16.3. The van der Waals surface area contributed by atoms with E-state index < -0.39 is 0 Å². The third kappa shape index (κ3) is 4.52. The van der Waals surface area contributed by atoms with E-state index >= 15 is 0 Å². The third-order valence-corrected chi connectivity index (χ3v) is 9.46. The molecule has 0 saturated carbocycles. The van der Waals surface area contributed by atoms with Crippen molar-refractivity contribution in [3.05, 3.63) is 170 Å². The van der Waals surface area contributed by atoms with E-state index in [9.17, 15) is 0 Å². The van der Waals surface area contributed by atoms with Crippen LogP contribution in [0.2, 0.25) is 0 Å². The van der Waals surface area contributed by atoms with E-state index in [0.717, 1.165) is 77.2 Å². The van der Waals surface area contributed by atoms with Gasteiger partial charge in [-0.2, -0.15) is 0 Å². The van der Waals surface area contributed by atoms with Crippen LogP contribution < -0.4 is 0 Å². The summed E-state index contributed by atoms with van der Waals surface area (Å²) < 4.78 is 9.01. The van der Waals surface area contributed by atoms with E-state index in [1.165, 1.54) is 0 Å². The van der Waals surface area contributed by atoms with Crippen LogP contribution in [0.3, 0.4) is 0 Å². The number of rotatable bonds is 5. The summed E-state index contributed by atoms with van der Waals surface area (Å²) in [6.45, 7) is 0. The molecule has 234 valence electrons. The quantitative estimate of drug-likeness (QED) is 0.188. The van der Waals surface area contributed by atoms with Crippen LogP contribution in [0.1, 0.15) is 0 Å². The fraction of sp³-hybridized carbons (Fsp3) is 0. The number of aromatic nitrogens is 4. The van der Waals surface area contributed by atoms with Crippen molar-refractivity contribution >= 4 is 43.7 Å². The summed E-state index contributed by atoms with van der Waals surface area (Å²) in [5, 5.41) is 4.44. The van der Waals surface area contributed by atoms with Crippen LogP contribution in [0, 0.1) is 0 Å². The molecule has 5 heteroatoms. The molecule has 0 spiro atoms. The van der Waals surface area contributed by atoms with Gasteiger partial charge in [-0.15, -0.1) is 0 Å². The summed E-state index contributed by atoms with van der Waals surface area (Å²) in [7, 11) is 0. The lowest BCUT2D eigenvalue weighted by Gasteiger charge is -2.16. The molecule has 0 aliphatic carbocycles. The lowest BCUT2D eigenvalue weighted by Crippen LogP contribution is -2.04. The average Bonchev–Trinajstić information content (AvgIpc) is 3.75. The molecule has 3 heterocycles. The van der Waals surface area contributed by atoms with Crippen molar-refractivity contribution in [3.8, 4) is 51.0 Å². The molecular weight excluding hydrogens is 613 g/mol. The zero-order valence-corrected chi connectivity index (χ0v) is 26.9. The fourth-order valence-corrected chi connectivity index (χ4v) is 7.13. The highest BCUT2D eigenvalue weighted by molar-refractivity contribution is 6.21. The Kier molecular flexibility index (Phi) is 6.42. The summed E-state index contributed by atoms with van der Waals surface area (Å²) in [4.78, 5) is 15.4. The van der Waals surface area contributed by atoms with E-state index in [1.807, 2.05) is 78.9 Å². The van der Waals surface area contributed by atoms with Crippen molar-refractivity contribution in [3.63, 3.8) is 0 Å². The van der Waals surface area contributed by atoms with Gasteiger partial charge in [-0.05, 0) is 41.5 Å². The van der Waals surface area contributed by atoms with Crippen LogP contribution in [0.25, 0.3) is 94.7 Å². The summed E-state index contributed by atoms with van der Waals surface area (Å²) in [6.07, 6.45) is 0. The summed E-state index contributed by atoms with van der Waals surface area (Å²) in [6, 6.07) is 58.5. The van der Waals surface area contributed by atoms with Crippen molar-refractivity contribution in [2.45, 2.75) is 0 Å². The molecule has 5 nitrogen and oxygen atoms in total. The van der Waals surface area contributed by atoms with Crippen molar-refractivity contribution in [2.75, 3.05) is 0 Å². The topological polar surface area (TPSA) is 56.7 Å². The molecule has 0 aliphatic rings. The van der Waals surface area contributed by atoms with Gasteiger partial charge in [0, 0.05) is 38.2 Å². The first-order valence-corrected chi connectivity index (χ1v) is 16.7. The molecule has 0 N–H and O–H groups in total. The zero-order chi connectivity index (χ0) is 33.0. The largest absolute Gasteiger partial charge is 0.454 e. The molecule has 0 aliphatic heterocycles. The van der Waals surface area contributed by atoms with E-state index in [0.29, 0.717) is 17.5 Å². The first kappa shape index (κ1) is 28.2. The number of fused-ring (bicyclic) bond motifs is 7. The Morgan fingerprint density at radius 3 is 1.66 bits per heavy atom.